The smallest absolute Gasteiger partial charge is 0.339 e. The van der Waals surface area contributed by atoms with E-state index >= 15 is 0 Å². The van der Waals surface area contributed by atoms with Crippen LogP contribution in [-0.2, 0) is 13.1 Å². The van der Waals surface area contributed by atoms with E-state index in [4.69, 9.17) is 16.7 Å². The molecule has 4 nitrogen and oxygen atoms in total. The van der Waals surface area contributed by atoms with E-state index in [0.29, 0.717) is 11.6 Å². The van der Waals surface area contributed by atoms with E-state index in [0.717, 1.165) is 24.5 Å². The Morgan fingerprint density at radius 3 is 3.00 bits per heavy atom. The third-order valence-corrected chi connectivity index (χ3v) is 3.04. The van der Waals surface area contributed by atoms with Crippen molar-refractivity contribution in [3.8, 4) is 0 Å². The Hall–Kier alpha value is -1.00. The van der Waals surface area contributed by atoms with Crippen LogP contribution in [0.4, 0.5) is 0 Å². The lowest BCUT2D eigenvalue weighted by molar-refractivity contribution is 0.0695. The van der Waals surface area contributed by atoms with Gasteiger partial charge in [0.05, 0.1) is 5.02 Å². The second-order valence-corrected chi connectivity index (χ2v) is 3.73. The highest BCUT2D eigenvalue weighted by molar-refractivity contribution is 6.34. The lowest BCUT2D eigenvalue weighted by atomic mass is 10.2. The summed E-state index contributed by atoms with van der Waals surface area (Å²) in [7, 11) is 0. The maximum Gasteiger partial charge on any atom is 0.339 e. The van der Waals surface area contributed by atoms with E-state index in [1.807, 2.05) is 11.5 Å². The third kappa shape index (κ3) is 1.22. The number of rotatable bonds is 1. The lowest BCUT2D eigenvalue weighted by Crippen LogP contribution is -2.29. The molecule has 2 rings (SSSR count). The molecule has 14 heavy (non-hydrogen) atoms. The van der Waals surface area contributed by atoms with Crippen molar-refractivity contribution in [1.29, 1.82) is 0 Å². The first-order valence-electron chi connectivity index (χ1n) is 4.44. The highest BCUT2D eigenvalue weighted by atomic mass is 35.5. The van der Waals surface area contributed by atoms with Crippen molar-refractivity contribution in [1.82, 2.24) is 9.88 Å². The molecule has 1 aromatic rings. The molecule has 2 N–H and O–H groups in total. The summed E-state index contributed by atoms with van der Waals surface area (Å²) in [6.45, 7) is 4.07. The van der Waals surface area contributed by atoms with E-state index in [9.17, 15) is 4.79 Å². The number of carboxylic acids is 1. The molecule has 0 bridgehead atoms. The average Bonchev–Trinajstić information content (AvgIpc) is 2.41. The average molecular weight is 215 g/mol. The second kappa shape index (κ2) is 3.29. The zero-order valence-electron chi connectivity index (χ0n) is 7.80. The number of halogens is 1. The first kappa shape index (κ1) is 9.55. The van der Waals surface area contributed by atoms with Gasteiger partial charge in [-0.15, -0.1) is 0 Å². The number of nitrogens with one attached hydrogen (secondary N) is 1. The van der Waals surface area contributed by atoms with E-state index in [2.05, 4.69) is 5.32 Å². The Morgan fingerprint density at radius 1 is 1.64 bits per heavy atom. The summed E-state index contributed by atoms with van der Waals surface area (Å²) in [6.07, 6.45) is 0. The largest absolute Gasteiger partial charge is 0.478 e. The molecular formula is C9H11ClN2O2. The highest BCUT2D eigenvalue weighted by Crippen LogP contribution is 2.28. The van der Waals surface area contributed by atoms with Crippen LogP contribution in [0, 0.1) is 6.92 Å². The van der Waals surface area contributed by atoms with Crippen molar-refractivity contribution in [2.75, 3.05) is 6.54 Å². The fourth-order valence-electron chi connectivity index (χ4n) is 1.86. The van der Waals surface area contributed by atoms with E-state index in [1.165, 1.54) is 0 Å². The van der Waals surface area contributed by atoms with Gasteiger partial charge in [0, 0.05) is 31.0 Å². The van der Waals surface area contributed by atoms with Crippen LogP contribution >= 0.6 is 11.6 Å². The number of fused-ring (bicyclic) bond motifs is 1. The van der Waals surface area contributed by atoms with Gasteiger partial charge in [-0.2, -0.15) is 0 Å². The topological polar surface area (TPSA) is 54.3 Å². The summed E-state index contributed by atoms with van der Waals surface area (Å²) in [6, 6.07) is 0. The normalized spacial score (nSPS) is 15.3. The summed E-state index contributed by atoms with van der Waals surface area (Å²) < 4.78 is 1.97. The van der Waals surface area contributed by atoms with Crippen molar-refractivity contribution in [3.63, 3.8) is 0 Å². The number of aromatic carboxylic acids is 1. The Labute approximate surface area is 86.5 Å². The van der Waals surface area contributed by atoms with Crippen LogP contribution in [0.1, 0.15) is 21.7 Å². The van der Waals surface area contributed by atoms with Crippen molar-refractivity contribution < 1.29 is 9.90 Å². The number of aromatic nitrogens is 1. The summed E-state index contributed by atoms with van der Waals surface area (Å²) in [5.74, 6) is -0.949. The molecule has 0 spiro atoms. The van der Waals surface area contributed by atoms with Crippen molar-refractivity contribution in [3.05, 3.63) is 22.0 Å². The van der Waals surface area contributed by atoms with Crippen molar-refractivity contribution in [2.45, 2.75) is 20.0 Å². The van der Waals surface area contributed by atoms with Gasteiger partial charge in [-0.1, -0.05) is 11.6 Å². The predicted octanol–water partition coefficient (Wildman–Crippen LogP) is 1.25. The quantitative estimate of drug-likeness (QED) is 0.740. The van der Waals surface area contributed by atoms with Crippen LogP contribution < -0.4 is 5.32 Å². The molecule has 0 amide bonds. The summed E-state index contributed by atoms with van der Waals surface area (Å²) in [4.78, 5) is 11.0. The maximum absolute atomic E-state index is 11.0. The Bertz CT molecular complexity index is 398. The monoisotopic (exact) mass is 214 g/mol. The molecule has 76 valence electrons. The van der Waals surface area contributed by atoms with Crippen LogP contribution in [0.15, 0.2) is 0 Å². The summed E-state index contributed by atoms with van der Waals surface area (Å²) >= 11 is 5.97. The van der Waals surface area contributed by atoms with Crippen molar-refractivity contribution in [2.24, 2.45) is 0 Å². The first-order chi connectivity index (χ1) is 6.63. The summed E-state index contributed by atoms with van der Waals surface area (Å²) in [5, 5.41) is 12.5. The SMILES string of the molecule is Cc1c(Cl)c(C(=O)O)c2n1CCNC2. The fraction of sp³-hybridized carbons (Fsp3) is 0.444. The minimum atomic E-state index is -0.949. The number of carboxylic acid groups (broad SMARTS) is 1. The molecule has 0 fully saturated rings. The van der Waals surface area contributed by atoms with E-state index < -0.39 is 5.97 Å². The van der Waals surface area contributed by atoms with E-state index in [-0.39, 0.29) is 5.56 Å². The number of carbonyl (C=O) groups is 1. The molecule has 0 saturated heterocycles. The van der Waals surface area contributed by atoms with Crippen LogP contribution in [0.5, 0.6) is 0 Å². The highest BCUT2D eigenvalue weighted by Gasteiger charge is 2.25. The predicted molar refractivity (Wildman–Crippen MR) is 52.8 cm³/mol. The van der Waals surface area contributed by atoms with Gasteiger partial charge >= 0.3 is 5.97 Å². The van der Waals surface area contributed by atoms with Gasteiger partial charge in [0.2, 0.25) is 0 Å². The minimum Gasteiger partial charge on any atom is -0.478 e. The first-order valence-corrected chi connectivity index (χ1v) is 4.82. The van der Waals surface area contributed by atoms with Gasteiger partial charge in [0.1, 0.15) is 5.56 Å². The molecule has 1 aliphatic heterocycles. The third-order valence-electron chi connectivity index (χ3n) is 2.57. The Kier molecular flexibility index (Phi) is 2.25. The van der Waals surface area contributed by atoms with Gasteiger partial charge in [0.25, 0.3) is 0 Å². The standard InChI is InChI=1S/C9H11ClN2O2/c1-5-8(10)7(9(13)14)6-4-11-2-3-12(5)6/h11H,2-4H2,1H3,(H,13,14). The molecule has 0 radical (unpaired) electrons. The van der Waals surface area contributed by atoms with Crippen LogP contribution in [0.3, 0.4) is 0 Å². The number of nitrogens with zero attached hydrogens (tertiary/aromatic N) is 1. The van der Waals surface area contributed by atoms with Crippen LogP contribution in [-0.4, -0.2) is 22.2 Å². The van der Waals surface area contributed by atoms with Gasteiger partial charge in [-0.05, 0) is 6.92 Å². The zero-order chi connectivity index (χ0) is 10.3. The molecule has 0 aromatic carbocycles. The molecular weight excluding hydrogens is 204 g/mol. The molecule has 1 aliphatic rings. The zero-order valence-corrected chi connectivity index (χ0v) is 8.56. The lowest BCUT2D eigenvalue weighted by Gasteiger charge is -2.18. The van der Waals surface area contributed by atoms with Gasteiger partial charge in [0.15, 0.2) is 0 Å². The van der Waals surface area contributed by atoms with Gasteiger partial charge in [-0.3, -0.25) is 0 Å². The molecule has 1 aromatic heterocycles. The maximum atomic E-state index is 11.0. The minimum absolute atomic E-state index is 0.247. The molecule has 2 heterocycles. The van der Waals surface area contributed by atoms with Gasteiger partial charge in [-0.25, -0.2) is 4.79 Å². The molecule has 0 aliphatic carbocycles. The van der Waals surface area contributed by atoms with Gasteiger partial charge < -0.3 is 15.0 Å². The number of hydrogen-bond donors (Lipinski definition) is 2. The fourth-order valence-corrected chi connectivity index (χ4v) is 2.16. The van der Waals surface area contributed by atoms with Crippen LogP contribution in [0.2, 0.25) is 5.02 Å². The number of hydrogen-bond acceptors (Lipinski definition) is 2. The van der Waals surface area contributed by atoms with E-state index in [1.54, 1.807) is 0 Å². The molecule has 5 heteroatoms. The Balaban J connectivity index is 2.65. The second-order valence-electron chi connectivity index (χ2n) is 3.35. The summed E-state index contributed by atoms with van der Waals surface area (Å²) in [5.41, 5.74) is 1.88. The Morgan fingerprint density at radius 2 is 2.36 bits per heavy atom. The molecule has 0 atom stereocenters. The van der Waals surface area contributed by atoms with Crippen molar-refractivity contribution >= 4 is 17.6 Å². The molecule has 0 unspecified atom stereocenters. The molecule has 0 saturated carbocycles. The van der Waals surface area contributed by atoms with Crippen LogP contribution in [0.25, 0.3) is 0 Å².